The van der Waals surface area contributed by atoms with E-state index in [4.69, 9.17) is 11.0 Å². The molecule has 0 unspecified atom stereocenters. The normalized spacial score (nSPS) is 9.56. The molecule has 1 amide bonds. The molecule has 5 heteroatoms. The molecule has 0 heterocycles. The van der Waals surface area contributed by atoms with Crippen LogP contribution in [0.25, 0.3) is 0 Å². The molecule has 0 saturated carbocycles. The van der Waals surface area contributed by atoms with Crippen molar-refractivity contribution < 1.29 is 4.79 Å². The van der Waals surface area contributed by atoms with Crippen molar-refractivity contribution in [2.45, 2.75) is 6.42 Å². The van der Waals surface area contributed by atoms with Crippen LogP contribution in [0.4, 0.5) is 5.69 Å². The van der Waals surface area contributed by atoms with E-state index in [-0.39, 0.29) is 5.91 Å². The van der Waals surface area contributed by atoms with Crippen LogP contribution < -0.4 is 5.73 Å². The summed E-state index contributed by atoms with van der Waals surface area (Å²) < 4.78 is 0.701. The quantitative estimate of drug-likeness (QED) is 0.862. The third-order valence-electron chi connectivity index (χ3n) is 2.15. The van der Waals surface area contributed by atoms with Gasteiger partial charge in [0, 0.05) is 29.3 Å². The summed E-state index contributed by atoms with van der Waals surface area (Å²) in [6.45, 7) is 0.428. The highest BCUT2D eigenvalue weighted by atomic mass is 79.9. The number of carbonyl (C=O) groups is 1. The molecule has 0 saturated heterocycles. The van der Waals surface area contributed by atoms with Gasteiger partial charge in [-0.2, -0.15) is 5.26 Å². The van der Waals surface area contributed by atoms with E-state index in [1.165, 1.54) is 4.90 Å². The van der Waals surface area contributed by atoms with Crippen LogP contribution in [-0.2, 0) is 0 Å². The van der Waals surface area contributed by atoms with Crippen LogP contribution in [0.15, 0.2) is 22.7 Å². The number of hydrogen-bond acceptors (Lipinski definition) is 3. The minimum Gasteiger partial charge on any atom is -0.398 e. The number of hydrogen-bond donors (Lipinski definition) is 1. The summed E-state index contributed by atoms with van der Waals surface area (Å²) >= 11 is 3.27. The Hall–Kier alpha value is -1.54. The largest absolute Gasteiger partial charge is 0.398 e. The number of nitrogen functional groups attached to an aromatic ring is 1. The molecule has 0 spiro atoms. The van der Waals surface area contributed by atoms with E-state index in [0.29, 0.717) is 28.7 Å². The molecule has 2 N–H and O–H groups in total. The first kappa shape index (κ1) is 12.5. The monoisotopic (exact) mass is 281 g/mol. The number of halogens is 1. The Morgan fingerprint density at radius 2 is 2.31 bits per heavy atom. The van der Waals surface area contributed by atoms with Gasteiger partial charge in [0.15, 0.2) is 0 Å². The Bertz CT molecular complexity index is 439. The lowest BCUT2D eigenvalue weighted by atomic mass is 10.2. The van der Waals surface area contributed by atoms with Crippen LogP contribution in [0.5, 0.6) is 0 Å². The summed E-state index contributed by atoms with van der Waals surface area (Å²) in [5.74, 6) is -0.115. The zero-order valence-corrected chi connectivity index (χ0v) is 10.5. The Balaban J connectivity index is 2.80. The Kier molecular flexibility index (Phi) is 4.32. The molecule has 84 valence electrons. The second kappa shape index (κ2) is 5.52. The highest BCUT2D eigenvalue weighted by molar-refractivity contribution is 9.10. The van der Waals surface area contributed by atoms with Gasteiger partial charge in [0.2, 0.25) is 0 Å². The fraction of sp³-hybridized carbons (Fsp3) is 0.273. The summed E-state index contributed by atoms with van der Waals surface area (Å²) in [7, 11) is 1.67. The second-order valence-corrected chi connectivity index (χ2v) is 4.23. The first-order valence-electron chi connectivity index (χ1n) is 4.73. The lowest BCUT2D eigenvalue weighted by molar-refractivity contribution is 0.0798. The summed E-state index contributed by atoms with van der Waals surface area (Å²) in [6, 6.07) is 7.03. The molecule has 4 nitrogen and oxygen atoms in total. The van der Waals surface area contributed by atoms with Gasteiger partial charge >= 0.3 is 0 Å². The molecular formula is C11H12BrN3O. The van der Waals surface area contributed by atoms with Crippen molar-refractivity contribution in [3.63, 3.8) is 0 Å². The van der Waals surface area contributed by atoms with Gasteiger partial charge in [0.25, 0.3) is 5.91 Å². The molecule has 0 aliphatic heterocycles. The van der Waals surface area contributed by atoms with E-state index < -0.39 is 0 Å². The maximum absolute atomic E-state index is 11.9. The molecule has 0 aliphatic carbocycles. The number of benzene rings is 1. The van der Waals surface area contributed by atoms with Crippen molar-refractivity contribution in [2.75, 3.05) is 19.3 Å². The summed E-state index contributed by atoms with van der Waals surface area (Å²) in [5, 5.41) is 8.44. The number of amides is 1. The van der Waals surface area contributed by atoms with Gasteiger partial charge in [0.1, 0.15) is 0 Å². The van der Waals surface area contributed by atoms with Crippen molar-refractivity contribution >= 4 is 27.5 Å². The van der Waals surface area contributed by atoms with Gasteiger partial charge in [0.05, 0.1) is 12.5 Å². The SMILES string of the molecule is CN(CCC#N)C(=O)c1ccc(N)c(Br)c1. The van der Waals surface area contributed by atoms with Gasteiger partial charge < -0.3 is 10.6 Å². The van der Waals surface area contributed by atoms with Gasteiger partial charge in [-0.3, -0.25) is 4.79 Å². The van der Waals surface area contributed by atoms with Crippen LogP contribution in [0, 0.1) is 11.3 Å². The first-order valence-corrected chi connectivity index (χ1v) is 5.53. The maximum Gasteiger partial charge on any atom is 0.253 e. The van der Waals surface area contributed by atoms with Crippen molar-refractivity contribution in [3.8, 4) is 6.07 Å². The zero-order valence-electron chi connectivity index (χ0n) is 8.90. The van der Waals surface area contributed by atoms with Crippen LogP contribution in [-0.4, -0.2) is 24.4 Å². The van der Waals surface area contributed by atoms with E-state index in [2.05, 4.69) is 15.9 Å². The Morgan fingerprint density at radius 1 is 1.62 bits per heavy atom. The van der Waals surface area contributed by atoms with E-state index in [0.717, 1.165) is 0 Å². The number of carbonyl (C=O) groups excluding carboxylic acids is 1. The molecular weight excluding hydrogens is 270 g/mol. The van der Waals surface area contributed by atoms with Crippen molar-refractivity contribution in [1.29, 1.82) is 5.26 Å². The standard InChI is InChI=1S/C11H12BrN3O/c1-15(6-2-5-13)11(16)8-3-4-10(14)9(12)7-8/h3-4,7H,2,6,14H2,1H3. The average Bonchev–Trinajstić information content (AvgIpc) is 2.28. The third-order valence-corrected chi connectivity index (χ3v) is 2.84. The number of rotatable bonds is 3. The molecule has 0 aliphatic rings. The highest BCUT2D eigenvalue weighted by Gasteiger charge is 2.12. The second-order valence-electron chi connectivity index (χ2n) is 3.37. The topological polar surface area (TPSA) is 70.1 Å². The number of anilines is 1. The van der Waals surface area contributed by atoms with Crippen molar-refractivity contribution in [1.82, 2.24) is 4.90 Å². The third kappa shape index (κ3) is 2.97. The van der Waals surface area contributed by atoms with E-state index in [1.54, 1.807) is 25.2 Å². The summed E-state index contributed by atoms with van der Waals surface area (Å²) in [5.41, 5.74) is 6.78. The Morgan fingerprint density at radius 3 is 2.88 bits per heavy atom. The molecule has 16 heavy (non-hydrogen) atoms. The molecule has 0 atom stereocenters. The van der Waals surface area contributed by atoms with E-state index >= 15 is 0 Å². The van der Waals surface area contributed by atoms with Crippen LogP contribution in [0.2, 0.25) is 0 Å². The minimum absolute atomic E-state index is 0.115. The van der Waals surface area contributed by atoms with Crippen molar-refractivity contribution in [3.05, 3.63) is 28.2 Å². The van der Waals surface area contributed by atoms with Gasteiger partial charge in [-0.05, 0) is 34.1 Å². The van der Waals surface area contributed by atoms with Crippen molar-refractivity contribution in [2.24, 2.45) is 0 Å². The van der Waals surface area contributed by atoms with Crippen LogP contribution in [0.3, 0.4) is 0 Å². The van der Waals surface area contributed by atoms with E-state index in [9.17, 15) is 4.79 Å². The van der Waals surface area contributed by atoms with Gasteiger partial charge in [-0.25, -0.2) is 0 Å². The smallest absolute Gasteiger partial charge is 0.253 e. The fourth-order valence-corrected chi connectivity index (χ4v) is 1.58. The lowest BCUT2D eigenvalue weighted by Crippen LogP contribution is -2.27. The number of nitriles is 1. The minimum atomic E-state index is -0.115. The van der Waals surface area contributed by atoms with Gasteiger partial charge in [-0.15, -0.1) is 0 Å². The predicted molar refractivity (Wildman–Crippen MR) is 65.7 cm³/mol. The molecule has 1 rings (SSSR count). The predicted octanol–water partition coefficient (Wildman–Crippen LogP) is 2.02. The van der Waals surface area contributed by atoms with E-state index in [1.807, 2.05) is 6.07 Å². The molecule has 0 bridgehead atoms. The maximum atomic E-state index is 11.9. The fourth-order valence-electron chi connectivity index (χ4n) is 1.20. The first-order chi connectivity index (χ1) is 7.56. The summed E-state index contributed by atoms with van der Waals surface area (Å²) in [6.07, 6.45) is 0.332. The molecule has 1 aromatic rings. The van der Waals surface area contributed by atoms with Crippen LogP contribution >= 0.6 is 15.9 Å². The molecule has 0 aromatic heterocycles. The average molecular weight is 282 g/mol. The molecule has 0 radical (unpaired) electrons. The molecule has 1 aromatic carbocycles. The molecule has 0 fully saturated rings. The lowest BCUT2D eigenvalue weighted by Gasteiger charge is -2.15. The number of nitrogens with zero attached hydrogens (tertiary/aromatic N) is 2. The van der Waals surface area contributed by atoms with Gasteiger partial charge in [-0.1, -0.05) is 0 Å². The Labute approximate surface area is 103 Å². The summed E-state index contributed by atoms with van der Waals surface area (Å²) in [4.78, 5) is 13.4. The van der Waals surface area contributed by atoms with Crippen LogP contribution in [0.1, 0.15) is 16.8 Å². The number of nitrogens with two attached hydrogens (primary N) is 1. The zero-order chi connectivity index (χ0) is 12.1. The highest BCUT2D eigenvalue weighted by Crippen LogP contribution is 2.21.